The predicted molar refractivity (Wildman–Crippen MR) is 108 cm³/mol. The quantitative estimate of drug-likeness (QED) is 0.370. The minimum absolute atomic E-state index is 0.0978. The molecule has 0 fully saturated rings. The number of hydrogen-bond donors (Lipinski definition) is 1. The number of fused-ring (bicyclic) bond motifs is 1. The van der Waals surface area contributed by atoms with Crippen molar-refractivity contribution in [3.63, 3.8) is 0 Å². The smallest absolute Gasteiger partial charge is 0.234 e. The van der Waals surface area contributed by atoms with Gasteiger partial charge >= 0.3 is 0 Å². The van der Waals surface area contributed by atoms with Crippen molar-refractivity contribution in [2.45, 2.75) is 17.2 Å². The second kappa shape index (κ2) is 8.00. The van der Waals surface area contributed by atoms with Gasteiger partial charge in [-0.25, -0.2) is 9.97 Å². The lowest BCUT2D eigenvalue weighted by atomic mass is 10.2. The minimum Gasteiger partial charge on any atom is -0.344 e. The average molecular weight is 432 g/mol. The number of aromatic nitrogens is 2. The lowest BCUT2D eigenvalue weighted by Crippen LogP contribution is -2.31. The molecule has 2 heterocycles. The molecule has 3 rings (SSSR count). The largest absolute Gasteiger partial charge is 0.344 e. The third kappa shape index (κ3) is 4.21. The van der Waals surface area contributed by atoms with Crippen LogP contribution in [-0.4, -0.2) is 27.7 Å². The van der Waals surface area contributed by atoms with Crippen molar-refractivity contribution in [2.75, 3.05) is 6.54 Å². The molecule has 1 aromatic carbocycles. The molecule has 25 heavy (non-hydrogen) atoms. The third-order valence-electron chi connectivity index (χ3n) is 3.43. The van der Waals surface area contributed by atoms with Crippen molar-refractivity contribution in [2.24, 2.45) is 0 Å². The fraction of sp³-hybridized carbons (Fsp3) is 0.167. The number of benzene rings is 1. The van der Waals surface area contributed by atoms with E-state index in [1.807, 2.05) is 19.1 Å². The van der Waals surface area contributed by atoms with Crippen molar-refractivity contribution >= 4 is 55.2 Å². The Labute approximate surface area is 162 Å². The fourth-order valence-corrected chi connectivity index (χ4v) is 4.56. The number of nitrogens with one attached hydrogen (secondary N) is 1. The van der Waals surface area contributed by atoms with Gasteiger partial charge in [-0.3, -0.25) is 4.79 Å². The SMILES string of the molecule is C#CCNC(=O)[C@@H](C)Sc1ncnc2cc(-c3ccc(Br)cc3)sc12. The van der Waals surface area contributed by atoms with Gasteiger partial charge in [0.05, 0.1) is 22.0 Å². The van der Waals surface area contributed by atoms with Gasteiger partial charge in [0.1, 0.15) is 11.4 Å². The van der Waals surface area contributed by atoms with E-state index in [0.717, 1.165) is 30.2 Å². The van der Waals surface area contributed by atoms with Gasteiger partial charge in [-0.2, -0.15) is 0 Å². The number of carbonyl (C=O) groups is 1. The molecule has 2 aromatic heterocycles. The normalized spacial score (nSPS) is 11.9. The number of terminal acetylenes is 1. The molecular formula is C18H14BrN3OS2. The number of nitrogens with zero attached hydrogens (tertiary/aromatic N) is 2. The van der Waals surface area contributed by atoms with Gasteiger partial charge in [-0.05, 0) is 30.7 Å². The predicted octanol–water partition coefficient (Wildman–Crippen LogP) is 4.35. The third-order valence-corrected chi connectivity index (χ3v) is 6.37. The number of amides is 1. The van der Waals surface area contributed by atoms with Crippen LogP contribution in [0.4, 0.5) is 0 Å². The first kappa shape index (κ1) is 17.9. The molecule has 3 aromatic rings. The van der Waals surface area contributed by atoms with Gasteiger partial charge < -0.3 is 5.32 Å². The van der Waals surface area contributed by atoms with E-state index in [1.54, 1.807) is 11.3 Å². The van der Waals surface area contributed by atoms with Gasteiger partial charge in [-0.15, -0.1) is 17.8 Å². The Balaban J connectivity index is 1.88. The summed E-state index contributed by atoms with van der Waals surface area (Å²) in [6.45, 7) is 2.07. The first-order valence-corrected chi connectivity index (χ1v) is 9.95. The standard InChI is InChI=1S/C18H14BrN3OS2/c1-3-8-20-17(23)11(2)24-18-16-14(21-10-22-18)9-15(25-16)12-4-6-13(19)7-5-12/h1,4-7,9-11H,8H2,2H3,(H,20,23)/t11-/m1/s1. The second-order valence-electron chi connectivity index (χ2n) is 5.19. The number of thiophene rings is 1. The van der Waals surface area contributed by atoms with Crippen molar-refractivity contribution in [1.29, 1.82) is 0 Å². The molecule has 7 heteroatoms. The van der Waals surface area contributed by atoms with E-state index >= 15 is 0 Å². The van der Waals surface area contributed by atoms with E-state index in [-0.39, 0.29) is 17.7 Å². The van der Waals surface area contributed by atoms with Crippen LogP contribution in [0, 0.1) is 12.3 Å². The molecule has 0 saturated carbocycles. The van der Waals surface area contributed by atoms with E-state index in [4.69, 9.17) is 6.42 Å². The van der Waals surface area contributed by atoms with Gasteiger partial charge in [0.15, 0.2) is 0 Å². The molecule has 0 aliphatic heterocycles. The summed E-state index contributed by atoms with van der Waals surface area (Å²) in [5, 5.41) is 3.22. The van der Waals surface area contributed by atoms with Crippen molar-refractivity contribution < 1.29 is 4.79 Å². The molecule has 1 atom stereocenters. The minimum atomic E-state index is -0.287. The number of halogens is 1. The molecule has 0 bridgehead atoms. The van der Waals surface area contributed by atoms with E-state index < -0.39 is 0 Å². The number of carbonyl (C=O) groups excluding carboxylic acids is 1. The molecule has 0 saturated heterocycles. The van der Waals surface area contributed by atoms with Gasteiger partial charge in [-0.1, -0.05) is 45.7 Å². The highest BCUT2D eigenvalue weighted by Crippen LogP contribution is 2.38. The molecular weight excluding hydrogens is 418 g/mol. The summed E-state index contributed by atoms with van der Waals surface area (Å²) in [6, 6.07) is 10.2. The Hall–Kier alpha value is -1.88. The maximum Gasteiger partial charge on any atom is 0.234 e. The summed E-state index contributed by atoms with van der Waals surface area (Å²) in [7, 11) is 0. The summed E-state index contributed by atoms with van der Waals surface area (Å²) in [6.07, 6.45) is 6.71. The summed E-state index contributed by atoms with van der Waals surface area (Å²) < 4.78 is 2.03. The lowest BCUT2D eigenvalue weighted by Gasteiger charge is -2.10. The Morgan fingerprint density at radius 3 is 2.88 bits per heavy atom. The van der Waals surface area contributed by atoms with E-state index in [0.29, 0.717) is 0 Å². The molecule has 1 amide bonds. The highest BCUT2D eigenvalue weighted by atomic mass is 79.9. The highest BCUT2D eigenvalue weighted by molar-refractivity contribution is 9.10. The summed E-state index contributed by atoms with van der Waals surface area (Å²) in [5.41, 5.74) is 2.01. The topological polar surface area (TPSA) is 54.9 Å². The summed E-state index contributed by atoms with van der Waals surface area (Å²) >= 11 is 6.49. The van der Waals surface area contributed by atoms with Crippen LogP contribution in [0.1, 0.15) is 6.92 Å². The highest BCUT2D eigenvalue weighted by Gasteiger charge is 2.18. The number of thioether (sulfide) groups is 1. The second-order valence-corrected chi connectivity index (χ2v) is 8.49. The molecule has 0 spiro atoms. The zero-order valence-electron chi connectivity index (χ0n) is 13.3. The van der Waals surface area contributed by atoms with Crippen molar-refractivity contribution in [3.05, 3.63) is 41.1 Å². The Kier molecular flexibility index (Phi) is 5.74. The van der Waals surface area contributed by atoms with Crippen molar-refractivity contribution in [1.82, 2.24) is 15.3 Å². The van der Waals surface area contributed by atoms with Gasteiger partial charge in [0, 0.05) is 9.35 Å². The Morgan fingerprint density at radius 1 is 1.40 bits per heavy atom. The van der Waals surface area contributed by atoms with Crippen LogP contribution in [0.5, 0.6) is 0 Å². The Bertz CT molecular complexity index is 947. The lowest BCUT2D eigenvalue weighted by molar-refractivity contribution is -0.120. The van der Waals surface area contributed by atoms with Crippen LogP contribution >= 0.6 is 39.0 Å². The van der Waals surface area contributed by atoms with Crippen LogP contribution in [0.15, 0.2) is 46.2 Å². The summed E-state index contributed by atoms with van der Waals surface area (Å²) in [5.74, 6) is 2.31. The molecule has 126 valence electrons. The van der Waals surface area contributed by atoms with Crippen molar-refractivity contribution in [3.8, 4) is 22.8 Å². The van der Waals surface area contributed by atoms with Gasteiger partial charge in [0.25, 0.3) is 0 Å². The molecule has 1 N–H and O–H groups in total. The Morgan fingerprint density at radius 2 is 2.16 bits per heavy atom. The molecule has 0 aliphatic rings. The molecule has 0 radical (unpaired) electrons. The fourth-order valence-electron chi connectivity index (χ4n) is 2.18. The van der Waals surface area contributed by atoms with Crippen LogP contribution in [-0.2, 0) is 4.79 Å². The molecule has 0 unspecified atom stereocenters. The first-order valence-electron chi connectivity index (χ1n) is 7.47. The zero-order valence-corrected chi connectivity index (χ0v) is 16.5. The van der Waals surface area contributed by atoms with E-state index in [9.17, 15) is 4.79 Å². The molecule has 4 nitrogen and oxygen atoms in total. The van der Waals surface area contributed by atoms with E-state index in [2.05, 4.69) is 55.3 Å². The van der Waals surface area contributed by atoms with Crippen LogP contribution in [0.25, 0.3) is 20.7 Å². The molecule has 0 aliphatic carbocycles. The van der Waals surface area contributed by atoms with Crippen LogP contribution < -0.4 is 5.32 Å². The average Bonchev–Trinajstić information content (AvgIpc) is 3.05. The zero-order chi connectivity index (χ0) is 17.8. The van der Waals surface area contributed by atoms with Gasteiger partial charge in [0.2, 0.25) is 5.91 Å². The van der Waals surface area contributed by atoms with Crippen LogP contribution in [0.2, 0.25) is 0 Å². The van der Waals surface area contributed by atoms with E-state index in [1.165, 1.54) is 18.1 Å². The number of hydrogen-bond acceptors (Lipinski definition) is 5. The number of rotatable bonds is 5. The first-order chi connectivity index (χ1) is 12.1. The summed E-state index contributed by atoms with van der Waals surface area (Å²) in [4.78, 5) is 21.9. The maximum absolute atomic E-state index is 12.0. The maximum atomic E-state index is 12.0. The monoisotopic (exact) mass is 431 g/mol. The van der Waals surface area contributed by atoms with Crippen LogP contribution in [0.3, 0.4) is 0 Å².